The van der Waals surface area contributed by atoms with Crippen molar-refractivity contribution >= 4 is 17.6 Å². The molecule has 1 aromatic carbocycles. The van der Waals surface area contributed by atoms with Gasteiger partial charge in [0.15, 0.2) is 0 Å². The minimum Gasteiger partial charge on any atom is -0.368 e. The summed E-state index contributed by atoms with van der Waals surface area (Å²) >= 11 is 0. The van der Waals surface area contributed by atoms with Crippen molar-refractivity contribution in [1.82, 2.24) is 9.97 Å². The van der Waals surface area contributed by atoms with Crippen LogP contribution in [0.2, 0.25) is 0 Å². The number of benzene rings is 1. The van der Waals surface area contributed by atoms with Crippen molar-refractivity contribution in [2.75, 3.05) is 16.5 Å². The third kappa shape index (κ3) is 2.43. The highest BCUT2D eigenvalue weighted by atomic mass is 15.3. The molecule has 1 heterocycles. The zero-order valence-electron chi connectivity index (χ0n) is 10.4. The minimum atomic E-state index is 0.202. The monoisotopic (exact) mass is 256 g/mol. The van der Waals surface area contributed by atoms with E-state index in [-0.39, 0.29) is 5.95 Å². The number of hydrazine groups is 1. The third-order valence-electron chi connectivity index (χ3n) is 3.29. The topological polar surface area (TPSA) is 102 Å². The molecule has 0 bridgehead atoms. The molecule has 0 atom stereocenters. The zero-order chi connectivity index (χ0) is 13.2. The maximum Gasteiger partial charge on any atom is 0.223 e. The SMILES string of the molecule is NNc1cc(NC2Cc3ccccc3C2)nc(N)n1. The Hall–Kier alpha value is -2.34. The van der Waals surface area contributed by atoms with Gasteiger partial charge in [-0.05, 0) is 24.0 Å². The quantitative estimate of drug-likeness (QED) is 0.481. The molecule has 98 valence electrons. The molecule has 1 aliphatic rings. The van der Waals surface area contributed by atoms with Crippen molar-refractivity contribution in [1.29, 1.82) is 0 Å². The number of nitrogen functional groups attached to an aromatic ring is 2. The average molecular weight is 256 g/mol. The van der Waals surface area contributed by atoms with Crippen LogP contribution in [-0.4, -0.2) is 16.0 Å². The number of anilines is 3. The van der Waals surface area contributed by atoms with Crippen LogP contribution in [0.3, 0.4) is 0 Å². The standard InChI is InChI=1S/C13H16N6/c14-13-17-11(7-12(18-13)19-15)16-10-5-8-3-1-2-4-9(8)6-10/h1-4,7,10H,5-6,15H2,(H4,14,16,17,18,19). The van der Waals surface area contributed by atoms with E-state index < -0.39 is 0 Å². The second-order valence-corrected chi connectivity index (χ2v) is 4.66. The highest BCUT2D eigenvalue weighted by Crippen LogP contribution is 2.24. The summed E-state index contributed by atoms with van der Waals surface area (Å²) in [5.74, 6) is 6.74. The maximum absolute atomic E-state index is 5.64. The van der Waals surface area contributed by atoms with Crippen LogP contribution in [0.1, 0.15) is 11.1 Å². The van der Waals surface area contributed by atoms with Gasteiger partial charge < -0.3 is 16.5 Å². The maximum atomic E-state index is 5.64. The molecule has 1 aliphatic carbocycles. The van der Waals surface area contributed by atoms with Crippen molar-refractivity contribution in [3.8, 4) is 0 Å². The molecule has 1 aromatic heterocycles. The van der Waals surface area contributed by atoms with Gasteiger partial charge in [0, 0.05) is 12.1 Å². The number of hydrogen-bond donors (Lipinski definition) is 4. The van der Waals surface area contributed by atoms with Gasteiger partial charge in [0.05, 0.1) is 0 Å². The van der Waals surface area contributed by atoms with Gasteiger partial charge in [0.2, 0.25) is 5.95 Å². The minimum absolute atomic E-state index is 0.202. The van der Waals surface area contributed by atoms with Gasteiger partial charge in [0.25, 0.3) is 0 Å². The molecule has 6 nitrogen and oxygen atoms in total. The molecular formula is C13H16N6. The zero-order valence-corrected chi connectivity index (χ0v) is 10.4. The summed E-state index contributed by atoms with van der Waals surface area (Å²) in [6.45, 7) is 0. The molecule has 2 aromatic rings. The molecule has 0 radical (unpaired) electrons. The van der Waals surface area contributed by atoms with Crippen LogP contribution in [-0.2, 0) is 12.8 Å². The second kappa shape index (κ2) is 4.74. The van der Waals surface area contributed by atoms with Gasteiger partial charge in [-0.25, -0.2) is 5.84 Å². The van der Waals surface area contributed by atoms with E-state index in [0.717, 1.165) is 12.8 Å². The summed E-state index contributed by atoms with van der Waals surface area (Å²) in [4.78, 5) is 8.13. The summed E-state index contributed by atoms with van der Waals surface area (Å²) in [7, 11) is 0. The van der Waals surface area contributed by atoms with Crippen LogP contribution in [0, 0.1) is 0 Å². The van der Waals surface area contributed by atoms with Crippen LogP contribution in [0.4, 0.5) is 17.6 Å². The lowest BCUT2D eigenvalue weighted by atomic mass is 10.1. The van der Waals surface area contributed by atoms with Crippen molar-refractivity contribution in [3.63, 3.8) is 0 Å². The summed E-state index contributed by atoms with van der Waals surface area (Å²) in [6.07, 6.45) is 1.98. The fraction of sp³-hybridized carbons (Fsp3) is 0.231. The Kier molecular flexibility index (Phi) is 2.92. The number of nitrogens with zero attached hydrogens (tertiary/aromatic N) is 2. The van der Waals surface area contributed by atoms with Gasteiger partial charge in [-0.1, -0.05) is 24.3 Å². The lowest BCUT2D eigenvalue weighted by Gasteiger charge is -2.13. The molecule has 6 heteroatoms. The average Bonchev–Trinajstić information content (AvgIpc) is 2.80. The Morgan fingerprint density at radius 2 is 1.68 bits per heavy atom. The first kappa shape index (κ1) is 11.7. The lowest BCUT2D eigenvalue weighted by Crippen LogP contribution is -2.21. The first-order valence-corrected chi connectivity index (χ1v) is 6.19. The van der Waals surface area contributed by atoms with E-state index in [1.807, 2.05) is 0 Å². The van der Waals surface area contributed by atoms with E-state index in [0.29, 0.717) is 17.7 Å². The summed E-state index contributed by atoms with van der Waals surface area (Å²) < 4.78 is 0. The van der Waals surface area contributed by atoms with Crippen molar-refractivity contribution in [2.24, 2.45) is 5.84 Å². The van der Waals surface area contributed by atoms with E-state index >= 15 is 0 Å². The lowest BCUT2D eigenvalue weighted by molar-refractivity contribution is 0.768. The smallest absolute Gasteiger partial charge is 0.223 e. The van der Waals surface area contributed by atoms with Crippen LogP contribution < -0.4 is 22.3 Å². The van der Waals surface area contributed by atoms with Crippen molar-refractivity contribution in [2.45, 2.75) is 18.9 Å². The highest BCUT2D eigenvalue weighted by molar-refractivity contribution is 5.51. The number of nitrogens with two attached hydrogens (primary N) is 2. The normalized spacial score (nSPS) is 14.2. The van der Waals surface area contributed by atoms with Crippen molar-refractivity contribution in [3.05, 3.63) is 41.5 Å². The predicted molar refractivity (Wildman–Crippen MR) is 75.5 cm³/mol. The number of aromatic nitrogens is 2. The number of nitrogens with one attached hydrogen (secondary N) is 2. The Labute approximate surface area is 111 Å². The molecule has 0 saturated carbocycles. The Balaban J connectivity index is 1.75. The summed E-state index contributed by atoms with van der Waals surface area (Å²) in [5, 5.41) is 3.38. The highest BCUT2D eigenvalue weighted by Gasteiger charge is 2.21. The number of hydrogen-bond acceptors (Lipinski definition) is 6. The molecule has 0 amide bonds. The molecule has 0 unspecified atom stereocenters. The summed E-state index contributed by atoms with van der Waals surface area (Å²) in [6, 6.07) is 10.5. The van der Waals surface area contributed by atoms with Gasteiger partial charge in [0.1, 0.15) is 11.6 Å². The third-order valence-corrected chi connectivity index (χ3v) is 3.29. The Bertz CT molecular complexity index is 572. The fourth-order valence-corrected chi connectivity index (χ4v) is 2.48. The van der Waals surface area contributed by atoms with Gasteiger partial charge in [-0.15, -0.1) is 0 Å². The Morgan fingerprint density at radius 1 is 1.05 bits per heavy atom. The largest absolute Gasteiger partial charge is 0.368 e. The molecule has 0 spiro atoms. The van der Waals surface area contributed by atoms with Crippen LogP contribution >= 0.6 is 0 Å². The number of rotatable bonds is 3. The van der Waals surface area contributed by atoms with Crippen molar-refractivity contribution < 1.29 is 0 Å². The van der Waals surface area contributed by atoms with E-state index in [1.165, 1.54) is 11.1 Å². The number of fused-ring (bicyclic) bond motifs is 1. The van der Waals surface area contributed by atoms with Gasteiger partial charge in [-0.3, -0.25) is 0 Å². The Morgan fingerprint density at radius 3 is 2.32 bits per heavy atom. The van der Waals surface area contributed by atoms with E-state index in [1.54, 1.807) is 6.07 Å². The fourth-order valence-electron chi connectivity index (χ4n) is 2.48. The van der Waals surface area contributed by atoms with E-state index in [4.69, 9.17) is 11.6 Å². The van der Waals surface area contributed by atoms with E-state index in [2.05, 4.69) is 45.0 Å². The molecule has 6 N–H and O–H groups in total. The first-order valence-electron chi connectivity index (χ1n) is 6.19. The summed E-state index contributed by atoms with van der Waals surface area (Å²) in [5.41, 5.74) is 10.9. The molecule has 0 fully saturated rings. The van der Waals surface area contributed by atoms with Crippen LogP contribution in [0.25, 0.3) is 0 Å². The molecule has 0 aliphatic heterocycles. The molecule has 19 heavy (non-hydrogen) atoms. The van der Waals surface area contributed by atoms with Crippen LogP contribution in [0.5, 0.6) is 0 Å². The molecule has 0 saturated heterocycles. The second-order valence-electron chi connectivity index (χ2n) is 4.66. The predicted octanol–water partition coefficient (Wildman–Crippen LogP) is 0.924. The van der Waals surface area contributed by atoms with Crippen LogP contribution in [0.15, 0.2) is 30.3 Å². The molecule has 3 rings (SSSR count). The van der Waals surface area contributed by atoms with Gasteiger partial charge >= 0.3 is 0 Å². The van der Waals surface area contributed by atoms with Gasteiger partial charge in [-0.2, -0.15) is 9.97 Å². The molecular weight excluding hydrogens is 240 g/mol. The first-order chi connectivity index (χ1) is 9.24. The van der Waals surface area contributed by atoms with E-state index in [9.17, 15) is 0 Å².